The summed E-state index contributed by atoms with van der Waals surface area (Å²) in [6.07, 6.45) is 14.4. The van der Waals surface area contributed by atoms with Crippen molar-refractivity contribution < 1.29 is 0 Å². The molecule has 0 atom stereocenters. The molecule has 16 heteroatoms. The summed E-state index contributed by atoms with van der Waals surface area (Å²) in [5, 5.41) is 0. The molecule has 2 aliphatic rings. The maximum absolute atomic E-state index is 5.46. The summed E-state index contributed by atoms with van der Waals surface area (Å²) < 4.78 is 6.15. The van der Waals surface area contributed by atoms with Crippen molar-refractivity contribution in [3.05, 3.63) is 139 Å². The molecule has 56 heavy (non-hydrogen) atoms. The van der Waals surface area contributed by atoms with Gasteiger partial charge in [-0.3, -0.25) is 19.9 Å². The lowest BCUT2D eigenvalue weighted by molar-refractivity contribution is 1.28. The number of rotatable bonds is 4. The van der Waals surface area contributed by atoms with Gasteiger partial charge in [0, 0.05) is 94.1 Å². The number of nitrogens with one attached hydrogen (secondary N) is 2. The van der Waals surface area contributed by atoms with Gasteiger partial charge in [-0.25, -0.2) is 9.97 Å². The maximum atomic E-state index is 5.46. The number of fused-ring (bicyclic) bond motifs is 8. The van der Waals surface area contributed by atoms with Gasteiger partial charge in [-0.15, -0.1) is 0 Å². The van der Waals surface area contributed by atoms with Gasteiger partial charge in [0.1, 0.15) is 0 Å². The molecular formula is C40H18Br8N8. The van der Waals surface area contributed by atoms with Crippen molar-refractivity contribution in [2.24, 2.45) is 0 Å². The van der Waals surface area contributed by atoms with Crippen LogP contribution in [0.1, 0.15) is 22.8 Å². The lowest BCUT2D eigenvalue weighted by Gasteiger charge is -2.07. The Morgan fingerprint density at radius 2 is 0.571 bits per heavy atom. The molecule has 0 spiro atoms. The first-order valence-electron chi connectivity index (χ1n) is 16.4. The molecule has 7 aromatic rings. The normalized spacial score (nSPS) is 12.9. The molecule has 7 aromatic heterocycles. The van der Waals surface area contributed by atoms with E-state index in [-0.39, 0.29) is 0 Å². The highest BCUT2D eigenvalue weighted by atomic mass is 79.9. The second-order valence-electron chi connectivity index (χ2n) is 12.3. The number of halogens is 8. The third-order valence-corrected chi connectivity index (χ3v) is 17.6. The molecule has 0 aromatic carbocycles. The highest BCUT2D eigenvalue weighted by molar-refractivity contribution is 9.18. The Labute approximate surface area is 386 Å². The van der Waals surface area contributed by atoms with E-state index in [1.165, 1.54) is 0 Å². The van der Waals surface area contributed by atoms with E-state index >= 15 is 0 Å². The molecule has 0 fully saturated rings. The Bertz CT molecular complexity index is 2590. The molecule has 9 rings (SSSR count). The molecule has 9 heterocycles. The molecular weight excluding hydrogens is 1230 g/mol. The van der Waals surface area contributed by atoms with Crippen LogP contribution in [-0.2, 0) is 0 Å². The Hall–Kier alpha value is -2.96. The standard InChI is InChI=1S/C40H18Br8N8/c41-25-27(43)35-22(18-6-2-10-50-14-18)37-29(45)31(47)39(55-37)24(20-8-4-12-52-16-20)40-32(48)30(46)38(56-40)23(19-7-3-11-51-15-19)36-28(44)26(42)34(54-36)21(33(25)53-35)17-5-1-9-49-13-17/h1-16,53,56H. The summed E-state index contributed by atoms with van der Waals surface area (Å²) >= 11 is 31.8. The van der Waals surface area contributed by atoms with Gasteiger partial charge in [0.05, 0.1) is 80.7 Å². The zero-order chi connectivity index (χ0) is 38.8. The fourth-order valence-electron chi connectivity index (χ4n) is 6.74. The van der Waals surface area contributed by atoms with Crippen LogP contribution in [0, 0.1) is 0 Å². The first-order chi connectivity index (χ1) is 27.2. The third kappa shape index (κ3) is 6.42. The number of H-pyrrole nitrogens is 2. The second-order valence-corrected chi connectivity index (χ2v) is 18.7. The summed E-state index contributed by atoms with van der Waals surface area (Å²) in [5.74, 6) is 0. The fourth-order valence-corrected chi connectivity index (χ4v) is 10.6. The summed E-state index contributed by atoms with van der Waals surface area (Å²) in [5.41, 5.74) is 12.4. The van der Waals surface area contributed by atoms with E-state index in [0.29, 0.717) is 22.8 Å². The molecule has 274 valence electrons. The van der Waals surface area contributed by atoms with Crippen molar-refractivity contribution >= 4 is 167 Å². The molecule has 0 saturated heterocycles. The minimum absolute atomic E-state index is 0.680. The maximum Gasteiger partial charge on any atom is 0.0892 e. The van der Waals surface area contributed by atoms with Crippen molar-refractivity contribution in [1.82, 2.24) is 39.9 Å². The largest absolute Gasteiger partial charge is 0.352 e. The summed E-state index contributed by atoms with van der Waals surface area (Å²) in [4.78, 5) is 36.6. The van der Waals surface area contributed by atoms with Crippen LogP contribution in [-0.4, -0.2) is 39.9 Å². The van der Waals surface area contributed by atoms with Crippen molar-refractivity contribution in [2.45, 2.75) is 0 Å². The Morgan fingerprint density at radius 3 is 0.768 bits per heavy atom. The van der Waals surface area contributed by atoms with Crippen molar-refractivity contribution in [3.63, 3.8) is 0 Å². The average molecular weight is 1250 g/mol. The van der Waals surface area contributed by atoms with Crippen LogP contribution in [0.4, 0.5) is 0 Å². The van der Waals surface area contributed by atoms with Gasteiger partial charge in [0.2, 0.25) is 0 Å². The highest BCUT2D eigenvalue weighted by Crippen LogP contribution is 2.52. The van der Waals surface area contributed by atoms with Gasteiger partial charge in [-0.2, -0.15) is 0 Å². The molecule has 0 radical (unpaired) electrons. The molecule has 0 amide bonds. The molecule has 2 aliphatic heterocycles. The second kappa shape index (κ2) is 15.7. The SMILES string of the molecule is BrC1=C(Br)c2nc1c(-c1cccnc1)c1[nH]c(c(Br)c1Br)c(-c1cccnc1)c1nc(c(-c3cccnc3)c3[nH]c(c(Br)c3Br)c2-c2cccnc2)C(Br)=C1Br. The predicted molar refractivity (Wildman–Crippen MR) is 254 cm³/mol. The van der Waals surface area contributed by atoms with E-state index in [4.69, 9.17) is 9.97 Å². The molecule has 8 nitrogen and oxygen atoms in total. The zero-order valence-electron chi connectivity index (χ0n) is 27.9. The predicted octanol–water partition coefficient (Wildman–Crippen LogP) is 14.8. The van der Waals surface area contributed by atoms with Gasteiger partial charge in [-0.1, -0.05) is 24.3 Å². The number of hydrogen-bond acceptors (Lipinski definition) is 6. The van der Waals surface area contributed by atoms with E-state index in [0.717, 1.165) is 102 Å². The third-order valence-electron chi connectivity index (χ3n) is 9.18. The smallest absolute Gasteiger partial charge is 0.0892 e. The van der Waals surface area contributed by atoms with Gasteiger partial charge in [-0.05, 0) is 152 Å². The van der Waals surface area contributed by atoms with Gasteiger partial charge in [0.25, 0.3) is 0 Å². The van der Waals surface area contributed by atoms with E-state index in [9.17, 15) is 0 Å². The van der Waals surface area contributed by atoms with E-state index < -0.39 is 0 Å². The summed E-state index contributed by atoms with van der Waals surface area (Å²) in [7, 11) is 0. The van der Waals surface area contributed by atoms with Gasteiger partial charge < -0.3 is 9.97 Å². The fraction of sp³-hybridized carbons (Fsp3) is 0. The number of nitrogens with zero attached hydrogens (tertiary/aromatic N) is 6. The Morgan fingerprint density at radius 1 is 0.339 bits per heavy atom. The van der Waals surface area contributed by atoms with Crippen molar-refractivity contribution in [2.75, 3.05) is 0 Å². The van der Waals surface area contributed by atoms with Crippen molar-refractivity contribution in [3.8, 4) is 44.5 Å². The Kier molecular flexibility index (Phi) is 10.8. The number of aromatic nitrogens is 8. The van der Waals surface area contributed by atoms with Crippen LogP contribution in [0.15, 0.2) is 116 Å². The van der Waals surface area contributed by atoms with E-state index in [1.54, 1.807) is 24.8 Å². The molecule has 0 unspecified atom stereocenters. The molecule has 2 N–H and O–H groups in total. The number of aromatic amines is 2. The Balaban J connectivity index is 1.63. The monoisotopic (exact) mass is 1240 g/mol. The minimum atomic E-state index is 0.680. The molecule has 0 aliphatic carbocycles. The first kappa shape index (κ1) is 38.6. The zero-order valence-corrected chi connectivity index (χ0v) is 40.6. The number of hydrogen-bond donors (Lipinski definition) is 2. The topological polar surface area (TPSA) is 109 Å². The first-order valence-corrected chi connectivity index (χ1v) is 22.8. The summed E-state index contributed by atoms with van der Waals surface area (Å²) in [6, 6.07) is 15.7. The van der Waals surface area contributed by atoms with Crippen LogP contribution >= 0.6 is 127 Å². The lowest BCUT2D eigenvalue weighted by atomic mass is 10.1. The minimum Gasteiger partial charge on any atom is -0.352 e. The van der Waals surface area contributed by atoms with Crippen LogP contribution in [0.2, 0.25) is 0 Å². The van der Waals surface area contributed by atoms with Crippen LogP contribution in [0.3, 0.4) is 0 Å². The molecule has 8 bridgehead atoms. The highest BCUT2D eigenvalue weighted by Gasteiger charge is 2.31. The van der Waals surface area contributed by atoms with Crippen LogP contribution in [0.25, 0.3) is 84.5 Å². The van der Waals surface area contributed by atoms with E-state index in [2.05, 4.69) is 157 Å². The molecule has 0 saturated carbocycles. The van der Waals surface area contributed by atoms with Gasteiger partial charge in [0.15, 0.2) is 0 Å². The number of pyridine rings is 4. The average Bonchev–Trinajstić information content (AvgIpc) is 3.89. The van der Waals surface area contributed by atoms with E-state index in [1.807, 2.05) is 73.3 Å². The summed E-state index contributed by atoms with van der Waals surface area (Å²) in [6.45, 7) is 0. The van der Waals surface area contributed by atoms with Crippen LogP contribution < -0.4 is 0 Å². The van der Waals surface area contributed by atoms with Crippen molar-refractivity contribution in [1.29, 1.82) is 0 Å². The van der Waals surface area contributed by atoms with Crippen LogP contribution in [0.5, 0.6) is 0 Å². The quantitative estimate of drug-likeness (QED) is 0.182. The lowest BCUT2D eigenvalue weighted by Crippen LogP contribution is -1.91. The van der Waals surface area contributed by atoms with Gasteiger partial charge >= 0.3 is 0 Å².